The van der Waals surface area contributed by atoms with Crippen LogP contribution in [0.4, 0.5) is 4.79 Å². The van der Waals surface area contributed by atoms with Crippen LogP contribution < -0.4 is 5.73 Å². The molecule has 1 saturated heterocycles. The lowest BCUT2D eigenvalue weighted by molar-refractivity contribution is 0.160. The molecule has 0 radical (unpaired) electrons. The van der Waals surface area contributed by atoms with Crippen LogP contribution in [0.3, 0.4) is 0 Å². The van der Waals surface area contributed by atoms with E-state index in [4.69, 9.17) is 10.7 Å². The number of aromatic amines is 1. The highest BCUT2D eigenvalue weighted by Gasteiger charge is 2.28. The standard InChI is InChI=1S/C23H22N6O/c24-23(30)29-12-5-4-11-19(29)17-9-6-10-18-20(17)28-22(27-18)16-13-25-21(26-14-16)15-7-2-1-3-8-15/h1-3,6-10,13-14,19H,4-5,11-12H2,(H2,24,30)(H,27,28). The maximum atomic E-state index is 12.0. The molecule has 4 aromatic rings. The molecule has 5 rings (SSSR count). The van der Waals surface area contributed by atoms with Gasteiger partial charge in [-0.3, -0.25) is 0 Å². The average Bonchev–Trinajstić information content (AvgIpc) is 3.24. The van der Waals surface area contributed by atoms with Crippen molar-refractivity contribution in [3.05, 3.63) is 66.5 Å². The molecule has 30 heavy (non-hydrogen) atoms. The van der Waals surface area contributed by atoms with Crippen molar-refractivity contribution in [2.45, 2.75) is 25.3 Å². The number of nitrogens with two attached hydrogens (primary N) is 1. The molecule has 0 aliphatic carbocycles. The SMILES string of the molecule is NC(=O)N1CCCCC1c1cccc2[nH]c(-c3cnc(-c4ccccc4)nc3)nc12. The molecule has 3 N–H and O–H groups in total. The fraction of sp³-hybridized carbons (Fsp3) is 0.217. The number of para-hydroxylation sites is 1. The summed E-state index contributed by atoms with van der Waals surface area (Å²) in [4.78, 5) is 30.9. The number of hydrogen-bond acceptors (Lipinski definition) is 4. The van der Waals surface area contributed by atoms with Crippen LogP contribution in [0.1, 0.15) is 30.9 Å². The van der Waals surface area contributed by atoms with Crippen LogP contribution in [0, 0.1) is 0 Å². The van der Waals surface area contributed by atoms with Gasteiger partial charge in [0.05, 0.1) is 22.6 Å². The topological polar surface area (TPSA) is 101 Å². The highest BCUT2D eigenvalue weighted by molar-refractivity contribution is 5.83. The second-order valence-electron chi connectivity index (χ2n) is 7.53. The highest BCUT2D eigenvalue weighted by Crippen LogP contribution is 2.35. The molecular weight excluding hydrogens is 376 g/mol. The van der Waals surface area contributed by atoms with E-state index in [0.717, 1.165) is 47.0 Å². The minimum atomic E-state index is -0.377. The normalized spacial score (nSPS) is 16.7. The molecule has 1 fully saturated rings. The maximum absolute atomic E-state index is 12.0. The average molecular weight is 398 g/mol. The Bertz CT molecular complexity index is 1190. The first-order valence-corrected chi connectivity index (χ1v) is 10.1. The molecule has 3 heterocycles. The molecular formula is C23H22N6O. The minimum absolute atomic E-state index is 0.0483. The summed E-state index contributed by atoms with van der Waals surface area (Å²) in [5.74, 6) is 1.38. The Morgan fingerprint density at radius 1 is 1.00 bits per heavy atom. The molecule has 1 aliphatic heterocycles. The second-order valence-corrected chi connectivity index (χ2v) is 7.53. The molecule has 7 nitrogen and oxygen atoms in total. The van der Waals surface area contributed by atoms with Gasteiger partial charge in [-0.05, 0) is 25.3 Å². The summed E-state index contributed by atoms with van der Waals surface area (Å²) >= 11 is 0. The van der Waals surface area contributed by atoms with E-state index in [1.54, 1.807) is 17.3 Å². The van der Waals surface area contributed by atoms with Crippen molar-refractivity contribution < 1.29 is 4.79 Å². The van der Waals surface area contributed by atoms with E-state index in [1.807, 2.05) is 48.5 Å². The number of rotatable bonds is 3. The van der Waals surface area contributed by atoms with Gasteiger partial charge in [0.15, 0.2) is 5.82 Å². The zero-order valence-corrected chi connectivity index (χ0v) is 16.5. The zero-order chi connectivity index (χ0) is 20.5. The number of benzene rings is 2. The Balaban J connectivity index is 1.51. The number of carbonyl (C=O) groups is 1. The smallest absolute Gasteiger partial charge is 0.315 e. The van der Waals surface area contributed by atoms with E-state index in [-0.39, 0.29) is 12.1 Å². The van der Waals surface area contributed by atoms with Crippen LogP contribution in [0.15, 0.2) is 60.9 Å². The van der Waals surface area contributed by atoms with Gasteiger partial charge in [0.2, 0.25) is 0 Å². The number of imidazole rings is 1. The highest BCUT2D eigenvalue weighted by atomic mass is 16.2. The summed E-state index contributed by atoms with van der Waals surface area (Å²) in [6.45, 7) is 0.683. The van der Waals surface area contributed by atoms with Crippen molar-refractivity contribution in [3.8, 4) is 22.8 Å². The van der Waals surface area contributed by atoms with Crippen LogP contribution >= 0.6 is 0 Å². The van der Waals surface area contributed by atoms with Crippen molar-refractivity contribution in [2.24, 2.45) is 5.73 Å². The second kappa shape index (κ2) is 7.59. The molecule has 2 amide bonds. The van der Waals surface area contributed by atoms with Crippen LogP contribution in [-0.4, -0.2) is 37.4 Å². The first-order chi connectivity index (χ1) is 14.7. The van der Waals surface area contributed by atoms with E-state index in [0.29, 0.717) is 18.2 Å². The number of likely N-dealkylation sites (tertiary alicyclic amines) is 1. The van der Waals surface area contributed by atoms with Gasteiger partial charge >= 0.3 is 6.03 Å². The number of urea groups is 1. The first-order valence-electron chi connectivity index (χ1n) is 10.1. The predicted octanol–water partition coefficient (Wildman–Crippen LogP) is 4.29. The van der Waals surface area contributed by atoms with Crippen LogP contribution in [-0.2, 0) is 0 Å². The van der Waals surface area contributed by atoms with Crippen LogP contribution in [0.2, 0.25) is 0 Å². The van der Waals surface area contributed by atoms with E-state index < -0.39 is 0 Å². The number of fused-ring (bicyclic) bond motifs is 1. The summed E-state index contributed by atoms with van der Waals surface area (Å²) in [6.07, 6.45) is 6.49. The number of aromatic nitrogens is 4. The zero-order valence-electron chi connectivity index (χ0n) is 16.5. The summed E-state index contributed by atoms with van der Waals surface area (Å²) in [6, 6.07) is 15.5. The van der Waals surface area contributed by atoms with Crippen molar-refractivity contribution in [1.29, 1.82) is 0 Å². The number of primary amides is 1. The van der Waals surface area contributed by atoms with E-state index in [2.05, 4.69) is 15.0 Å². The third-order valence-corrected chi connectivity index (χ3v) is 5.65. The van der Waals surface area contributed by atoms with E-state index in [1.165, 1.54) is 0 Å². The third-order valence-electron chi connectivity index (χ3n) is 5.65. The van der Waals surface area contributed by atoms with Gasteiger partial charge in [0.25, 0.3) is 0 Å². The minimum Gasteiger partial charge on any atom is -0.351 e. The van der Waals surface area contributed by atoms with Crippen LogP contribution in [0.5, 0.6) is 0 Å². The predicted molar refractivity (Wildman–Crippen MR) is 115 cm³/mol. The lowest BCUT2D eigenvalue weighted by Gasteiger charge is -2.34. The van der Waals surface area contributed by atoms with Crippen molar-refractivity contribution >= 4 is 17.1 Å². The Kier molecular flexibility index (Phi) is 4.63. The Morgan fingerprint density at radius 2 is 1.80 bits per heavy atom. The Labute approximate surface area is 174 Å². The van der Waals surface area contributed by atoms with Gasteiger partial charge in [-0.25, -0.2) is 19.7 Å². The monoisotopic (exact) mass is 398 g/mol. The fourth-order valence-electron chi connectivity index (χ4n) is 4.17. The lowest BCUT2D eigenvalue weighted by Crippen LogP contribution is -2.41. The fourth-order valence-corrected chi connectivity index (χ4v) is 4.17. The van der Waals surface area contributed by atoms with Crippen molar-refractivity contribution in [2.75, 3.05) is 6.54 Å². The third kappa shape index (κ3) is 3.28. The number of nitrogens with one attached hydrogen (secondary N) is 1. The summed E-state index contributed by atoms with van der Waals surface area (Å²) in [7, 11) is 0. The number of amides is 2. The molecule has 2 aromatic carbocycles. The molecule has 1 unspecified atom stereocenters. The van der Waals surface area contributed by atoms with Crippen LogP contribution in [0.25, 0.3) is 33.8 Å². The molecule has 0 saturated carbocycles. The number of carbonyl (C=O) groups excluding carboxylic acids is 1. The van der Waals surface area contributed by atoms with E-state index in [9.17, 15) is 4.79 Å². The van der Waals surface area contributed by atoms with Gasteiger partial charge in [0, 0.05) is 30.1 Å². The number of nitrogens with zero attached hydrogens (tertiary/aromatic N) is 4. The summed E-state index contributed by atoms with van der Waals surface area (Å²) < 4.78 is 0. The van der Waals surface area contributed by atoms with E-state index >= 15 is 0 Å². The van der Waals surface area contributed by atoms with Gasteiger partial charge in [-0.15, -0.1) is 0 Å². The molecule has 7 heteroatoms. The first kappa shape index (κ1) is 18.3. The molecule has 2 aromatic heterocycles. The number of piperidine rings is 1. The molecule has 1 aliphatic rings. The van der Waals surface area contributed by atoms with Gasteiger partial charge in [-0.2, -0.15) is 0 Å². The van der Waals surface area contributed by atoms with Gasteiger partial charge < -0.3 is 15.6 Å². The molecule has 0 spiro atoms. The summed E-state index contributed by atoms with van der Waals surface area (Å²) in [5.41, 5.74) is 10.2. The molecule has 150 valence electrons. The number of H-pyrrole nitrogens is 1. The van der Waals surface area contributed by atoms with Gasteiger partial charge in [0.1, 0.15) is 5.82 Å². The number of hydrogen-bond donors (Lipinski definition) is 2. The largest absolute Gasteiger partial charge is 0.351 e. The molecule has 1 atom stereocenters. The van der Waals surface area contributed by atoms with Crippen molar-refractivity contribution in [3.63, 3.8) is 0 Å². The summed E-state index contributed by atoms with van der Waals surface area (Å²) in [5, 5.41) is 0. The molecule has 0 bridgehead atoms. The Hall–Kier alpha value is -3.74. The Morgan fingerprint density at radius 3 is 2.57 bits per heavy atom. The van der Waals surface area contributed by atoms with Crippen molar-refractivity contribution in [1.82, 2.24) is 24.8 Å². The van der Waals surface area contributed by atoms with Gasteiger partial charge in [-0.1, -0.05) is 42.5 Å². The maximum Gasteiger partial charge on any atom is 0.315 e. The quantitative estimate of drug-likeness (QED) is 0.537. The lowest BCUT2D eigenvalue weighted by atomic mass is 9.94.